The van der Waals surface area contributed by atoms with Gasteiger partial charge in [-0.1, -0.05) is 12.1 Å². The van der Waals surface area contributed by atoms with Gasteiger partial charge in [-0.25, -0.2) is 4.98 Å². The average molecular weight is 343 g/mol. The monoisotopic (exact) mass is 343 g/mol. The topological polar surface area (TPSA) is 72.7 Å². The van der Waals surface area contributed by atoms with Gasteiger partial charge in [-0.2, -0.15) is 0 Å². The summed E-state index contributed by atoms with van der Waals surface area (Å²) in [5.74, 6) is -0.199. The normalized spacial score (nSPS) is 10.8. The minimum Gasteiger partial charge on any atom is -0.320 e. The summed E-state index contributed by atoms with van der Waals surface area (Å²) in [6, 6.07) is 9.28. The summed E-state index contributed by atoms with van der Waals surface area (Å²) in [7, 11) is 0. The van der Waals surface area contributed by atoms with E-state index in [1.807, 2.05) is 49.0 Å². The van der Waals surface area contributed by atoms with Gasteiger partial charge in [-0.3, -0.25) is 14.8 Å². The molecule has 3 heterocycles. The number of amides is 1. The van der Waals surface area contributed by atoms with Crippen LogP contribution in [0, 0.1) is 13.8 Å². The van der Waals surface area contributed by atoms with Crippen molar-refractivity contribution in [3.05, 3.63) is 78.3 Å². The number of para-hydroxylation sites is 1. The molecule has 0 saturated carbocycles. The number of carbonyl (C=O) groups is 1. The molecule has 128 valence electrons. The summed E-state index contributed by atoms with van der Waals surface area (Å²) in [4.78, 5) is 25.5. The second kappa shape index (κ2) is 6.40. The van der Waals surface area contributed by atoms with E-state index in [2.05, 4.69) is 20.3 Å². The van der Waals surface area contributed by atoms with E-state index in [1.165, 1.54) is 0 Å². The summed E-state index contributed by atoms with van der Waals surface area (Å²) >= 11 is 0. The Kier molecular flexibility index (Phi) is 3.93. The van der Waals surface area contributed by atoms with Crippen LogP contribution in [0.25, 0.3) is 16.6 Å². The summed E-state index contributed by atoms with van der Waals surface area (Å²) in [5, 5.41) is 3.92. The van der Waals surface area contributed by atoms with Crippen LogP contribution in [0.1, 0.15) is 21.6 Å². The summed E-state index contributed by atoms with van der Waals surface area (Å²) in [6.45, 7) is 3.82. The molecule has 0 spiro atoms. The maximum absolute atomic E-state index is 12.7. The molecular formula is C20H17N5O. The van der Waals surface area contributed by atoms with Gasteiger partial charge in [0.1, 0.15) is 0 Å². The van der Waals surface area contributed by atoms with Gasteiger partial charge in [0.2, 0.25) is 0 Å². The molecule has 0 radical (unpaired) electrons. The lowest BCUT2D eigenvalue weighted by molar-refractivity contribution is 0.102. The van der Waals surface area contributed by atoms with Gasteiger partial charge in [-0.15, -0.1) is 0 Å². The Bertz CT molecular complexity index is 1100. The number of pyridine rings is 2. The number of carbonyl (C=O) groups excluding carboxylic acids is 1. The van der Waals surface area contributed by atoms with E-state index >= 15 is 0 Å². The fourth-order valence-corrected chi connectivity index (χ4v) is 3.06. The highest BCUT2D eigenvalue weighted by molar-refractivity contribution is 6.09. The van der Waals surface area contributed by atoms with Crippen molar-refractivity contribution in [3.63, 3.8) is 0 Å². The Morgan fingerprint density at radius 3 is 2.73 bits per heavy atom. The highest BCUT2D eigenvalue weighted by Crippen LogP contribution is 2.29. The molecule has 4 rings (SSSR count). The van der Waals surface area contributed by atoms with Gasteiger partial charge in [-0.05, 0) is 37.6 Å². The molecule has 1 amide bonds. The lowest BCUT2D eigenvalue weighted by atomic mass is 10.1. The van der Waals surface area contributed by atoms with Crippen LogP contribution < -0.4 is 5.32 Å². The number of hydrogen-bond acceptors (Lipinski definition) is 4. The quantitative estimate of drug-likeness (QED) is 0.616. The fourth-order valence-electron chi connectivity index (χ4n) is 3.06. The standard InChI is InChI=1S/C20H17N5O/c1-13-11-23-18-16(19(13)25-10-9-21-12-25)5-3-7-17(18)24-20(26)15-6-4-8-22-14(15)2/h3-12H,1-2H3,(H,24,26). The van der Waals surface area contributed by atoms with E-state index in [4.69, 9.17) is 0 Å². The smallest absolute Gasteiger partial charge is 0.257 e. The van der Waals surface area contributed by atoms with Crippen molar-refractivity contribution in [2.24, 2.45) is 0 Å². The molecule has 0 aliphatic rings. The molecule has 1 aromatic carbocycles. The van der Waals surface area contributed by atoms with Crippen LogP contribution in [0.2, 0.25) is 0 Å². The van der Waals surface area contributed by atoms with E-state index in [-0.39, 0.29) is 5.91 Å². The van der Waals surface area contributed by atoms with Crippen molar-refractivity contribution in [1.29, 1.82) is 0 Å². The minimum absolute atomic E-state index is 0.199. The van der Waals surface area contributed by atoms with Crippen molar-refractivity contribution in [1.82, 2.24) is 19.5 Å². The van der Waals surface area contributed by atoms with Crippen molar-refractivity contribution in [2.45, 2.75) is 13.8 Å². The third kappa shape index (κ3) is 2.71. The Morgan fingerprint density at radius 1 is 1.08 bits per heavy atom. The number of imidazole rings is 1. The summed E-state index contributed by atoms with van der Waals surface area (Å²) in [6.07, 6.45) is 8.87. The van der Waals surface area contributed by atoms with Crippen LogP contribution in [0.4, 0.5) is 5.69 Å². The molecule has 3 aromatic heterocycles. The Hall–Kier alpha value is -3.54. The minimum atomic E-state index is -0.199. The molecule has 26 heavy (non-hydrogen) atoms. The third-order valence-corrected chi connectivity index (χ3v) is 4.31. The van der Waals surface area contributed by atoms with Crippen LogP contribution in [0.3, 0.4) is 0 Å². The van der Waals surface area contributed by atoms with Crippen LogP contribution in [0.5, 0.6) is 0 Å². The Morgan fingerprint density at radius 2 is 1.96 bits per heavy atom. The molecule has 0 unspecified atom stereocenters. The average Bonchev–Trinajstić information content (AvgIpc) is 3.16. The number of anilines is 1. The second-order valence-corrected chi connectivity index (χ2v) is 6.05. The number of nitrogens with zero attached hydrogens (tertiary/aromatic N) is 4. The maximum Gasteiger partial charge on any atom is 0.257 e. The van der Waals surface area contributed by atoms with Gasteiger partial charge in [0, 0.05) is 35.9 Å². The molecule has 0 bridgehead atoms. The Balaban J connectivity index is 1.81. The van der Waals surface area contributed by atoms with Crippen LogP contribution in [0.15, 0.2) is 61.4 Å². The van der Waals surface area contributed by atoms with Gasteiger partial charge >= 0.3 is 0 Å². The van der Waals surface area contributed by atoms with E-state index < -0.39 is 0 Å². The van der Waals surface area contributed by atoms with E-state index in [1.54, 1.807) is 30.9 Å². The highest BCUT2D eigenvalue weighted by atomic mass is 16.1. The van der Waals surface area contributed by atoms with Crippen LogP contribution in [-0.2, 0) is 0 Å². The number of aryl methyl sites for hydroxylation is 2. The number of benzene rings is 1. The lowest BCUT2D eigenvalue weighted by Gasteiger charge is -2.14. The molecule has 6 nitrogen and oxygen atoms in total. The molecule has 0 aliphatic heterocycles. The molecule has 0 atom stereocenters. The zero-order valence-corrected chi connectivity index (χ0v) is 14.5. The highest BCUT2D eigenvalue weighted by Gasteiger charge is 2.14. The first-order valence-electron chi connectivity index (χ1n) is 8.25. The first-order chi connectivity index (χ1) is 12.6. The third-order valence-electron chi connectivity index (χ3n) is 4.31. The number of rotatable bonds is 3. The first kappa shape index (κ1) is 16.0. The van der Waals surface area contributed by atoms with Crippen LogP contribution in [-0.4, -0.2) is 25.4 Å². The molecule has 1 N–H and O–H groups in total. The number of hydrogen-bond donors (Lipinski definition) is 1. The summed E-state index contributed by atoms with van der Waals surface area (Å²) in [5.41, 5.74) is 4.66. The predicted octanol–water partition coefficient (Wildman–Crippen LogP) is 3.68. The van der Waals surface area contributed by atoms with Gasteiger partial charge in [0.25, 0.3) is 5.91 Å². The van der Waals surface area contributed by atoms with E-state index in [0.29, 0.717) is 16.9 Å². The number of aromatic nitrogens is 4. The lowest BCUT2D eigenvalue weighted by Crippen LogP contribution is -2.14. The second-order valence-electron chi connectivity index (χ2n) is 6.05. The molecule has 4 aromatic rings. The maximum atomic E-state index is 12.7. The van der Waals surface area contributed by atoms with Gasteiger partial charge in [0.05, 0.1) is 28.8 Å². The van der Waals surface area contributed by atoms with Crippen molar-refractivity contribution in [3.8, 4) is 5.69 Å². The molecule has 6 heteroatoms. The fraction of sp³-hybridized carbons (Fsp3) is 0.100. The van der Waals surface area contributed by atoms with E-state index in [9.17, 15) is 4.79 Å². The molecule has 0 saturated heterocycles. The van der Waals surface area contributed by atoms with Crippen molar-refractivity contribution in [2.75, 3.05) is 5.32 Å². The van der Waals surface area contributed by atoms with Crippen LogP contribution >= 0.6 is 0 Å². The Labute approximate surface area is 150 Å². The zero-order valence-electron chi connectivity index (χ0n) is 14.5. The predicted molar refractivity (Wildman–Crippen MR) is 101 cm³/mol. The summed E-state index contributed by atoms with van der Waals surface area (Å²) < 4.78 is 1.95. The molecule has 0 fully saturated rings. The van der Waals surface area contributed by atoms with Crippen molar-refractivity contribution < 1.29 is 4.79 Å². The number of nitrogens with one attached hydrogen (secondary N) is 1. The SMILES string of the molecule is Cc1cnc2c(NC(=O)c3cccnc3C)cccc2c1-n1ccnc1. The van der Waals surface area contributed by atoms with Gasteiger partial charge < -0.3 is 9.88 Å². The van der Waals surface area contributed by atoms with Gasteiger partial charge in [0.15, 0.2) is 0 Å². The largest absolute Gasteiger partial charge is 0.320 e. The first-order valence-corrected chi connectivity index (χ1v) is 8.25. The number of fused-ring (bicyclic) bond motifs is 1. The zero-order chi connectivity index (χ0) is 18.1. The van der Waals surface area contributed by atoms with Crippen molar-refractivity contribution >= 4 is 22.5 Å². The molecule has 0 aliphatic carbocycles. The van der Waals surface area contributed by atoms with E-state index in [0.717, 1.165) is 22.2 Å². The molecular weight excluding hydrogens is 326 g/mol.